The molecule has 1 aliphatic heterocycles. The van der Waals surface area contributed by atoms with E-state index in [9.17, 15) is 14.7 Å². The van der Waals surface area contributed by atoms with Crippen LogP contribution in [-0.4, -0.2) is 52.1 Å². The van der Waals surface area contributed by atoms with Crippen molar-refractivity contribution in [2.75, 3.05) is 13.1 Å². The van der Waals surface area contributed by atoms with Crippen molar-refractivity contribution in [2.45, 2.75) is 58.0 Å². The fourth-order valence-electron chi connectivity index (χ4n) is 2.64. The maximum atomic E-state index is 12.5. The lowest BCUT2D eigenvalue weighted by atomic mass is 10.1. The molecule has 1 N–H and O–H groups in total. The summed E-state index contributed by atoms with van der Waals surface area (Å²) >= 11 is 0. The van der Waals surface area contributed by atoms with Gasteiger partial charge in [0.05, 0.1) is 0 Å². The van der Waals surface area contributed by atoms with Crippen molar-refractivity contribution >= 4 is 12.0 Å². The van der Waals surface area contributed by atoms with E-state index in [0.29, 0.717) is 24.9 Å². The van der Waals surface area contributed by atoms with E-state index in [4.69, 9.17) is 0 Å². The monoisotopic (exact) mass is 268 g/mol. The highest BCUT2D eigenvalue weighted by atomic mass is 16.4. The zero-order valence-corrected chi connectivity index (χ0v) is 11.8. The molecule has 1 saturated heterocycles. The number of nitrogens with zero attached hydrogens (tertiary/aromatic N) is 2. The average molecular weight is 268 g/mol. The van der Waals surface area contributed by atoms with Gasteiger partial charge in [0.2, 0.25) is 0 Å². The van der Waals surface area contributed by atoms with Crippen molar-refractivity contribution in [3.8, 4) is 0 Å². The second kappa shape index (κ2) is 5.80. The van der Waals surface area contributed by atoms with Crippen molar-refractivity contribution in [2.24, 2.45) is 5.92 Å². The van der Waals surface area contributed by atoms with Gasteiger partial charge in [-0.15, -0.1) is 0 Å². The maximum Gasteiger partial charge on any atom is 0.326 e. The van der Waals surface area contributed by atoms with Gasteiger partial charge in [-0.25, -0.2) is 9.59 Å². The van der Waals surface area contributed by atoms with Gasteiger partial charge in [0, 0.05) is 19.1 Å². The number of carboxylic acids is 1. The number of hydrogen-bond donors (Lipinski definition) is 1. The summed E-state index contributed by atoms with van der Waals surface area (Å²) < 4.78 is 0. The number of carboxylic acid groups (broad SMARTS) is 1. The van der Waals surface area contributed by atoms with Crippen LogP contribution in [0.1, 0.15) is 46.0 Å². The number of likely N-dealkylation sites (tertiary alicyclic amines) is 1. The molecule has 19 heavy (non-hydrogen) atoms. The topological polar surface area (TPSA) is 60.9 Å². The van der Waals surface area contributed by atoms with Crippen molar-refractivity contribution in [3.63, 3.8) is 0 Å². The van der Waals surface area contributed by atoms with Gasteiger partial charge in [-0.3, -0.25) is 0 Å². The lowest BCUT2D eigenvalue weighted by molar-refractivity contribution is -0.141. The number of urea groups is 1. The first kappa shape index (κ1) is 14.2. The summed E-state index contributed by atoms with van der Waals surface area (Å²) in [6.07, 6.45) is 4.49. The molecule has 1 heterocycles. The van der Waals surface area contributed by atoms with E-state index in [1.54, 1.807) is 4.90 Å². The first-order chi connectivity index (χ1) is 9.00. The third-order valence-corrected chi connectivity index (χ3v) is 3.96. The molecule has 108 valence electrons. The van der Waals surface area contributed by atoms with E-state index in [1.807, 2.05) is 4.90 Å². The number of carbonyl (C=O) groups is 2. The van der Waals surface area contributed by atoms with Crippen molar-refractivity contribution in [1.29, 1.82) is 0 Å². The highest BCUT2D eigenvalue weighted by Crippen LogP contribution is 2.30. The smallest absolute Gasteiger partial charge is 0.326 e. The third-order valence-electron chi connectivity index (χ3n) is 3.96. The number of rotatable bonds is 5. The van der Waals surface area contributed by atoms with Gasteiger partial charge in [-0.1, -0.05) is 13.8 Å². The lowest BCUT2D eigenvalue weighted by Crippen LogP contribution is -2.49. The standard InChI is InChI=1S/C14H24N2O3/c1-10(2)7-9-15(11-5-6-11)14(19)16-8-3-4-12(16)13(17)18/h10-12H,3-9H2,1-2H3,(H,17,18)/t12-/m0/s1. The summed E-state index contributed by atoms with van der Waals surface area (Å²) in [7, 11) is 0. The molecule has 5 nitrogen and oxygen atoms in total. The number of aliphatic carboxylic acids is 1. The number of carbonyl (C=O) groups excluding carboxylic acids is 1. The van der Waals surface area contributed by atoms with Crippen LogP contribution >= 0.6 is 0 Å². The Balaban J connectivity index is 2.00. The fourth-order valence-corrected chi connectivity index (χ4v) is 2.64. The van der Waals surface area contributed by atoms with Crippen LogP contribution in [0.3, 0.4) is 0 Å². The van der Waals surface area contributed by atoms with Gasteiger partial charge >= 0.3 is 12.0 Å². The van der Waals surface area contributed by atoms with Gasteiger partial charge in [0.25, 0.3) is 0 Å². The Morgan fingerprint density at radius 3 is 2.53 bits per heavy atom. The lowest BCUT2D eigenvalue weighted by Gasteiger charge is -2.31. The van der Waals surface area contributed by atoms with Gasteiger partial charge in [-0.2, -0.15) is 0 Å². The van der Waals surface area contributed by atoms with Crippen LogP contribution < -0.4 is 0 Å². The summed E-state index contributed by atoms with van der Waals surface area (Å²) in [5.74, 6) is -0.312. The van der Waals surface area contributed by atoms with E-state index in [0.717, 1.165) is 32.2 Å². The molecule has 0 bridgehead atoms. The predicted octanol–water partition coefficient (Wildman–Crippen LogP) is 2.17. The number of amides is 2. The summed E-state index contributed by atoms with van der Waals surface area (Å²) in [5, 5.41) is 9.17. The average Bonchev–Trinajstić information content (AvgIpc) is 3.04. The normalized spacial score (nSPS) is 22.9. The van der Waals surface area contributed by atoms with Gasteiger partial charge in [-0.05, 0) is 38.0 Å². The second-order valence-electron chi connectivity index (χ2n) is 6.08. The van der Waals surface area contributed by atoms with E-state index >= 15 is 0 Å². The van der Waals surface area contributed by atoms with Crippen molar-refractivity contribution in [1.82, 2.24) is 9.80 Å². The molecule has 0 aromatic carbocycles. The van der Waals surface area contributed by atoms with Crippen LogP contribution in [0.4, 0.5) is 4.79 Å². The van der Waals surface area contributed by atoms with E-state index in [1.165, 1.54) is 0 Å². The van der Waals surface area contributed by atoms with Gasteiger partial charge in [0.1, 0.15) is 6.04 Å². The Kier molecular flexibility index (Phi) is 4.32. The summed E-state index contributed by atoms with van der Waals surface area (Å²) in [4.78, 5) is 27.2. The number of hydrogen-bond acceptors (Lipinski definition) is 2. The molecule has 2 aliphatic rings. The van der Waals surface area contributed by atoms with Crippen LogP contribution in [0.2, 0.25) is 0 Å². The quantitative estimate of drug-likeness (QED) is 0.831. The molecule has 0 aromatic rings. The van der Waals surface area contributed by atoms with Gasteiger partial charge < -0.3 is 14.9 Å². The van der Waals surface area contributed by atoms with Crippen molar-refractivity contribution in [3.05, 3.63) is 0 Å². The van der Waals surface area contributed by atoms with Crippen LogP contribution in [0.5, 0.6) is 0 Å². The molecule has 0 spiro atoms. The van der Waals surface area contributed by atoms with E-state index < -0.39 is 12.0 Å². The van der Waals surface area contributed by atoms with Crippen molar-refractivity contribution < 1.29 is 14.7 Å². The Morgan fingerprint density at radius 1 is 1.32 bits per heavy atom. The molecule has 0 unspecified atom stereocenters. The summed E-state index contributed by atoms with van der Waals surface area (Å²) in [6, 6.07) is -0.331. The Morgan fingerprint density at radius 2 is 2.00 bits per heavy atom. The van der Waals surface area contributed by atoms with Crippen LogP contribution in [-0.2, 0) is 4.79 Å². The molecule has 2 fully saturated rings. The highest BCUT2D eigenvalue weighted by Gasteiger charge is 2.40. The molecule has 2 amide bonds. The largest absolute Gasteiger partial charge is 0.480 e. The molecule has 2 rings (SSSR count). The summed E-state index contributed by atoms with van der Waals surface area (Å²) in [6.45, 7) is 5.63. The Bertz CT molecular complexity index is 353. The predicted molar refractivity (Wildman–Crippen MR) is 71.9 cm³/mol. The second-order valence-corrected chi connectivity index (χ2v) is 6.08. The molecule has 5 heteroatoms. The molecule has 0 radical (unpaired) electrons. The molecule has 1 saturated carbocycles. The zero-order chi connectivity index (χ0) is 14.0. The van der Waals surface area contributed by atoms with Crippen LogP contribution in [0.15, 0.2) is 0 Å². The van der Waals surface area contributed by atoms with Crippen LogP contribution in [0, 0.1) is 5.92 Å². The maximum absolute atomic E-state index is 12.5. The molecule has 1 atom stereocenters. The van der Waals surface area contributed by atoms with E-state index in [2.05, 4.69) is 13.8 Å². The van der Waals surface area contributed by atoms with Crippen LogP contribution in [0.25, 0.3) is 0 Å². The third kappa shape index (κ3) is 3.39. The Hall–Kier alpha value is -1.26. The van der Waals surface area contributed by atoms with E-state index in [-0.39, 0.29) is 6.03 Å². The minimum atomic E-state index is -0.870. The Labute approximate surface area is 114 Å². The molecule has 0 aromatic heterocycles. The molecule has 1 aliphatic carbocycles. The fraction of sp³-hybridized carbons (Fsp3) is 0.857. The molecular formula is C14H24N2O3. The first-order valence-corrected chi connectivity index (χ1v) is 7.30. The first-order valence-electron chi connectivity index (χ1n) is 7.30. The highest BCUT2D eigenvalue weighted by molar-refractivity contribution is 5.83. The minimum Gasteiger partial charge on any atom is -0.480 e. The SMILES string of the molecule is CC(C)CCN(C(=O)N1CCC[C@H]1C(=O)O)C1CC1. The minimum absolute atomic E-state index is 0.0620. The van der Waals surface area contributed by atoms with Gasteiger partial charge in [0.15, 0.2) is 0 Å². The zero-order valence-electron chi connectivity index (χ0n) is 11.8. The molecular weight excluding hydrogens is 244 g/mol. The summed E-state index contributed by atoms with van der Waals surface area (Å²) in [5.41, 5.74) is 0.